The van der Waals surface area contributed by atoms with Gasteiger partial charge in [0.05, 0.1) is 16.7 Å². The first kappa shape index (κ1) is 19.6. The van der Waals surface area contributed by atoms with Gasteiger partial charge in [0.1, 0.15) is 13.2 Å². The molecule has 0 N–H and O–H groups in total. The van der Waals surface area contributed by atoms with Crippen molar-refractivity contribution in [1.29, 1.82) is 5.26 Å². The number of hydrogen-bond acceptors (Lipinski definition) is 5. The second-order valence-corrected chi connectivity index (χ2v) is 7.62. The third-order valence-electron chi connectivity index (χ3n) is 5.21. The molecule has 2 aliphatic rings. The summed E-state index contributed by atoms with van der Waals surface area (Å²) in [6.07, 6.45) is 0.903. The predicted molar refractivity (Wildman–Crippen MR) is 109 cm³/mol. The highest BCUT2D eigenvalue weighted by molar-refractivity contribution is 6.32. The van der Waals surface area contributed by atoms with Crippen molar-refractivity contribution in [3.8, 4) is 17.6 Å². The van der Waals surface area contributed by atoms with Crippen molar-refractivity contribution in [3.63, 3.8) is 0 Å². The molecule has 1 fully saturated rings. The van der Waals surface area contributed by atoms with E-state index in [1.807, 2.05) is 29.2 Å². The molecule has 0 aromatic heterocycles. The molecule has 0 atom stereocenters. The maximum Gasteiger partial charge on any atom is 0.254 e. The van der Waals surface area contributed by atoms with Crippen LogP contribution in [-0.2, 0) is 6.54 Å². The van der Waals surface area contributed by atoms with E-state index >= 15 is 0 Å². The van der Waals surface area contributed by atoms with E-state index in [1.54, 1.807) is 12.1 Å². The summed E-state index contributed by atoms with van der Waals surface area (Å²) >= 11 is 6.29. The lowest BCUT2D eigenvalue weighted by molar-refractivity contribution is 0.0760. The van der Waals surface area contributed by atoms with E-state index in [0.717, 1.165) is 26.1 Å². The van der Waals surface area contributed by atoms with Gasteiger partial charge in [0.25, 0.3) is 5.91 Å². The number of halogens is 1. The molecule has 2 aromatic rings. The van der Waals surface area contributed by atoms with Gasteiger partial charge in [-0.1, -0.05) is 23.7 Å². The average Bonchev–Trinajstić information content (AvgIpc) is 2.99. The van der Waals surface area contributed by atoms with Crippen LogP contribution in [0.4, 0.5) is 0 Å². The van der Waals surface area contributed by atoms with E-state index < -0.39 is 0 Å². The molecule has 2 aliphatic heterocycles. The molecule has 0 unspecified atom stereocenters. The Kier molecular flexibility index (Phi) is 5.89. The van der Waals surface area contributed by atoms with Crippen LogP contribution in [0.3, 0.4) is 0 Å². The summed E-state index contributed by atoms with van der Waals surface area (Å²) in [7, 11) is 0. The van der Waals surface area contributed by atoms with Gasteiger partial charge in [-0.25, -0.2) is 0 Å². The molecule has 1 saturated heterocycles. The van der Waals surface area contributed by atoms with E-state index in [2.05, 4.69) is 11.0 Å². The standard InChI is InChI=1S/C22H22ClN3O3/c23-19-12-18(13-20-21(19)29-11-10-28-20)22(27)26-7-1-6-25(8-9-26)15-17-4-2-16(14-24)3-5-17/h2-5,12-13H,1,6-11,15H2. The highest BCUT2D eigenvalue weighted by Gasteiger charge is 2.24. The fourth-order valence-electron chi connectivity index (χ4n) is 3.69. The summed E-state index contributed by atoms with van der Waals surface area (Å²) < 4.78 is 11.1. The molecule has 0 aliphatic carbocycles. The monoisotopic (exact) mass is 411 g/mol. The van der Waals surface area contributed by atoms with Crippen molar-refractivity contribution < 1.29 is 14.3 Å². The Labute approximate surface area is 175 Å². The smallest absolute Gasteiger partial charge is 0.254 e. The van der Waals surface area contributed by atoms with Crippen LogP contribution in [0.2, 0.25) is 5.02 Å². The number of fused-ring (bicyclic) bond motifs is 1. The number of benzene rings is 2. The quantitative estimate of drug-likeness (QED) is 0.775. The lowest BCUT2D eigenvalue weighted by Crippen LogP contribution is -2.35. The minimum absolute atomic E-state index is 0.0379. The van der Waals surface area contributed by atoms with Gasteiger partial charge >= 0.3 is 0 Å². The molecule has 0 saturated carbocycles. The molecule has 4 rings (SSSR count). The SMILES string of the molecule is N#Cc1ccc(CN2CCCN(C(=O)c3cc(Cl)c4c(c3)OCCO4)CC2)cc1. The Bertz CT molecular complexity index is 940. The molecule has 150 valence electrons. The average molecular weight is 412 g/mol. The molecule has 2 heterocycles. The molecule has 0 radical (unpaired) electrons. The fourth-order valence-corrected chi connectivity index (χ4v) is 3.96. The Hall–Kier alpha value is -2.75. The molecule has 2 aromatic carbocycles. The number of ether oxygens (including phenoxy) is 2. The number of amides is 1. The van der Waals surface area contributed by atoms with Gasteiger partial charge in [-0.05, 0) is 36.2 Å². The van der Waals surface area contributed by atoms with Crippen LogP contribution in [0, 0.1) is 11.3 Å². The second-order valence-electron chi connectivity index (χ2n) is 7.21. The number of hydrogen-bond donors (Lipinski definition) is 0. The van der Waals surface area contributed by atoms with Crippen molar-refractivity contribution >= 4 is 17.5 Å². The topological polar surface area (TPSA) is 65.8 Å². The molecular formula is C22H22ClN3O3. The highest BCUT2D eigenvalue weighted by Crippen LogP contribution is 2.38. The van der Waals surface area contributed by atoms with Crippen molar-refractivity contribution in [3.05, 3.63) is 58.1 Å². The van der Waals surface area contributed by atoms with E-state index in [0.29, 0.717) is 54.0 Å². The molecule has 6 nitrogen and oxygen atoms in total. The van der Waals surface area contributed by atoms with Gasteiger partial charge in [0.15, 0.2) is 11.5 Å². The number of rotatable bonds is 3. The summed E-state index contributed by atoms with van der Waals surface area (Å²) in [5, 5.41) is 9.33. The zero-order chi connectivity index (χ0) is 20.2. The Balaban J connectivity index is 1.41. The van der Waals surface area contributed by atoms with Gasteiger partial charge in [-0.3, -0.25) is 9.69 Å². The van der Waals surface area contributed by atoms with Crippen molar-refractivity contribution in [1.82, 2.24) is 9.80 Å². The summed E-state index contributed by atoms with van der Waals surface area (Å²) in [5.41, 5.74) is 2.36. The van der Waals surface area contributed by atoms with Crippen LogP contribution >= 0.6 is 11.6 Å². The van der Waals surface area contributed by atoms with Gasteiger partial charge in [0, 0.05) is 38.3 Å². The van der Waals surface area contributed by atoms with E-state index in [9.17, 15) is 4.79 Å². The summed E-state index contributed by atoms with van der Waals surface area (Å²) in [6.45, 7) is 4.80. The van der Waals surface area contributed by atoms with Crippen molar-refractivity contribution in [2.75, 3.05) is 39.4 Å². The maximum atomic E-state index is 13.0. The third-order valence-corrected chi connectivity index (χ3v) is 5.49. The van der Waals surface area contributed by atoms with Crippen LogP contribution in [0.5, 0.6) is 11.5 Å². The van der Waals surface area contributed by atoms with Gasteiger partial charge in [-0.2, -0.15) is 5.26 Å². The highest BCUT2D eigenvalue weighted by atomic mass is 35.5. The molecule has 29 heavy (non-hydrogen) atoms. The van der Waals surface area contributed by atoms with Gasteiger partial charge in [-0.15, -0.1) is 0 Å². The van der Waals surface area contributed by atoms with Crippen LogP contribution in [-0.4, -0.2) is 55.1 Å². The molecule has 0 bridgehead atoms. The molecule has 0 spiro atoms. The zero-order valence-corrected chi connectivity index (χ0v) is 16.8. The predicted octanol–water partition coefficient (Wildman–Crippen LogP) is 3.33. The second kappa shape index (κ2) is 8.73. The lowest BCUT2D eigenvalue weighted by Gasteiger charge is -2.24. The Morgan fingerprint density at radius 2 is 1.86 bits per heavy atom. The van der Waals surface area contributed by atoms with Crippen LogP contribution in [0.25, 0.3) is 0 Å². The lowest BCUT2D eigenvalue weighted by atomic mass is 10.1. The summed E-state index contributed by atoms with van der Waals surface area (Å²) in [6, 6.07) is 13.2. The van der Waals surface area contributed by atoms with E-state index in [-0.39, 0.29) is 5.91 Å². The zero-order valence-electron chi connectivity index (χ0n) is 16.1. The molecular weight excluding hydrogens is 390 g/mol. The van der Waals surface area contributed by atoms with Gasteiger partial charge < -0.3 is 14.4 Å². The van der Waals surface area contributed by atoms with E-state index in [4.69, 9.17) is 26.3 Å². The minimum Gasteiger partial charge on any atom is -0.486 e. The van der Waals surface area contributed by atoms with Crippen LogP contribution < -0.4 is 9.47 Å². The molecule has 7 heteroatoms. The third kappa shape index (κ3) is 4.47. The molecule has 1 amide bonds. The minimum atomic E-state index is -0.0379. The fraction of sp³-hybridized carbons (Fsp3) is 0.364. The first-order chi connectivity index (χ1) is 14.1. The normalized spacial score (nSPS) is 16.8. The number of nitrogens with zero attached hydrogens (tertiary/aromatic N) is 3. The maximum absolute atomic E-state index is 13.0. The number of carbonyl (C=O) groups is 1. The van der Waals surface area contributed by atoms with Gasteiger partial charge in [0.2, 0.25) is 0 Å². The van der Waals surface area contributed by atoms with Crippen molar-refractivity contribution in [2.24, 2.45) is 0 Å². The Morgan fingerprint density at radius 1 is 1.07 bits per heavy atom. The number of nitriles is 1. The van der Waals surface area contributed by atoms with Crippen LogP contribution in [0.15, 0.2) is 36.4 Å². The summed E-state index contributed by atoms with van der Waals surface area (Å²) in [5.74, 6) is 1.01. The largest absolute Gasteiger partial charge is 0.486 e. The van der Waals surface area contributed by atoms with E-state index in [1.165, 1.54) is 5.56 Å². The summed E-state index contributed by atoms with van der Waals surface area (Å²) in [4.78, 5) is 17.3. The van der Waals surface area contributed by atoms with Crippen LogP contribution in [0.1, 0.15) is 27.9 Å². The first-order valence-electron chi connectivity index (χ1n) is 9.74. The number of carbonyl (C=O) groups excluding carboxylic acids is 1. The Morgan fingerprint density at radius 3 is 2.66 bits per heavy atom. The first-order valence-corrected chi connectivity index (χ1v) is 10.1. The van der Waals surface area contributed by atoms with Crippen molar-refractivity contribution in [2.45, 2.75) is 13.0 Å².